The molecule has 126 valence electrons. The lowest BCUT2D eigenvalue weighted by Crippen LogP contribution is -2.20. The molecule has 0 bridgehead atoms. The van der Waals surface area contributed by atoms with Gasteiger partial charge >= 0.3 is 0 Å². The van der Waals surface area contributed by atoms with Gasteiger partial charge in [-0.15, -0.1) is 0 Å². The Morgan fingerprint density at radius 3 is 2.38 bits per heavy atom. The maximum absolute atomic E-state index is 11.9. The number of halogens is 3. The van der Waals surface area contributed by atoms with Gasteiger partial charge in [0.1, 0.15) is 5.75 Å². The van der Waals surface area contributed by atoms with Gasteiger partial charge in [-0.25, -0.2) is 0 Å². The number of hydrogen-bond donors (Lipinski definition) is 2. The highest BCUT2D eigenvalue weighted by molar-refractivity contribution is 6.35. The van der Waals surface area contributed by atoms with Gasteiger partial charge in [-0.3, -0.25) is 9.59 Å². The van der Waals surface area contributed by atoms with Crippen molar-refractivity contribution in [2.24, 2.45) is 0 Å². The molecule has 0 spiro atoms. The summed E-state index contributed by atoms with van der Waals surface area (Å²) in [7, 11) is 0. The average molecular weight is 388 g/mol. The minimum absolute atomic E-state index is 0.230. The predicted molar refractivity (Wildman–Crippen MR) is 96.3 cm³/mol. The standard InChI is InChI=1S/C16H13Cl3N2O3/c1-9(22)20-14-4-3-11(7-12(14)18)21-16(23)8-24-15-5-2-10(17)6-13(15)19/h2-7H,8H2,1H3,(H,20,22)(H,21,23). The first-order chi connectivity index (χ1) is 11.3. The third kappa shape index (κ3) is 5.30. The average Bonchev–Trinajstić information content (AvgIpc) is 2.49. The van der Waals surface area contributed by atoms with Gasteiger partial charge in [-0.05, 0) is 36.4 Å². The van der Waals surface area contributed by atoms with Gasteiger partial charge in [0.15, 0.2) is 6.61 Å². The lowest BCUT2D eigenvalue weighted by molar-refractivity contribution is -0.118. The van der Waals surface area contributed by atoms with Crippen LogP contribution in [0.15, 0.2) is 36.4 Å². The normalized spacial score (nSPS) is 10.2. The lowest BCUT2D eigenvalue weighted by Gasteiger charge is -2.10. The molecule has 24 heavy (non-hydrogen) atoms. The second kappa shape index (κ2) is 8.24. The maximum atomic E-state index is 11.9. The molecule has 0 unspecified atom stereocenters. The Morgan fingerprint density at radius 2 is 1.75 bits per heavy atom. The van der Waals surface area contributed by atoms with Crippen molar-refractivity contribution < 1.29 is 14.3 Å². The molecule has 0 aliphatic rings. The topological polar surface area (TPSA) is 67.4 Å². The molecule has 0 aromatic heterocycles. The van der Waals surface area contributed by atoms with Gasteiger partial charge < -0.3 is 15.4 Å². The minimum atomic E-state index is -0.385. The fourth-order valence-electron chi connectivity index (χ4n) is 1.82. The molecule has 0 saturated carbocycles. The first-order valence-electron chi connectivity index (χ1n) is 6.80. The van der Waals surface area contributed by atoms with Crippen molar-refractivity contribution in [2.75, 3.05) is 17.2 Å². The predicted octanol–water partition coefficient (Wildman–Crippen LogP) is 4.62. The molecule has 8 heteroatoms. The second-order valence-corrected chi connectivity index (χ2v) is 6.04. The van der Waals surface area contributed by atoms with Crippen LogP contribution in [0.2, 0.25) is 15.1 Å². The van der Waals surface area contributed by atoms with Crippen molar-refractivity contribution in [1.82, 2.24) is 0 Å². The number of benzene rings is 2. The Balaban J connectivity index is 1.94. The van der Waals surface area contributed by atoms with Crippen molar-refractivity contribution in [3.05, 3.63) is 51.5 Å². The van der Waals surface area contributed by atoms with Crippen molar-refractivity contribution in [1.29, 1.82) is 0 Å². The van der Waals surface area contributed by atoms with E-state index >= 15 is 0 Å². The number of hydrogen-bond acceptors (Lipinski definition) is 3. The number of carbonyl (C=O) groups excluding carboxylic acids is 2. The van der Waals surface area contributed by atoms with E-state index in [1.165, 1.54) is 19.1 Å². The molecule has 2 aromatic carbocycles. The Morgan fingerprint density at radius 1 is 1.00 bits per heavy atom. The quantitative estimate of drug-likeness (QED) is 0.786. The Bertz CT molecular complexity index is 781. The molecule has 0 aliphatic carbocycles. The summed E-state index contributed by atoms with van der Waals surface area (Å²) < 4.78 is 5.34. The second-order valence-electron chi connectivity index (χ2n) is 4.79. The number of rotatable bonds is 5. The summed E-state index contributed by atoms with van der Waals surface area (Å²) in [5.41, 5.74) is 0.941. The zero-order valence-electron chi connectivity index (χ0n) is 12.5. The van der Waals surface area contributed by atoms with E-state index in [9.17, 15) is 9.59 Å². The minimum Gasteiger partial charge on any atom is -0.482 e. The zero-order chi connectivity index (χ0) is 17.7. The maximum Gasteiger partial charge on any atom is 0.262 e. The molecular weight excluding hydrogens is 375 g/mol. The molecule has 0 radical (unpaired) electrons. The molecule has 2 N–H and O–H groups in total. The summed E-state index contributed by atoms with van der Waals surface area (Å²) in [6, 6.07) is 9.45. The molecule has 2 rings (SSSR count). The summed E-state index contributed by atoms with van der Waals surface area (Å²) in [6.07, 6.45) is 0. The molecule has 0 fully saturated rings. The van der Waals surface area contributed by atoms with Gasteiger partial charge in [0.05, 0.1) is 15.7 Å². The molecule has 0 saturated heterocycles. The Kier molecular flexibility index (Phi) is 6.31. The number of ether oxygens (including phenoxy) is 1. The highest BCUT2D eigenvalue weighted by Gasteiger charge is 2.09. The number of carbonyl (C=O) groups is 2. The highest BCUT2D eigenvalue weighted by Crippen LogP contribution is 2.28. The third-order valence-corrected chi connectivity index (χ3v) is 3.66. The van der Waals surface area contributed by atoms with Crippen LogP contribution in [-0.4, -0.2) is 18.4 Å². The van der Waals surface area contributed by atoms with E-state index in [0.717, 1.165) is 0 Å². The number of amides is 2. The Labute approximate surface area is 153 Å². The van der Waals surface area contributed by atoms with Gasteiger partial charge in [-0.1, -0.05) is 34.8 Å². The van der Waals surface area contributed by atoms with Crippen LogP contribution in [-0.2, 0) is 9.59 Å². The number of nitrogens with one attached hydrogen (secondary N) is 2. The monoisotopic (exact) mass is 386 g/mol. The smallest absolute Gasteiger partial charge is 0.262 e. The lowest BCUT2D eigenvalue weighted by atomic mass is 10.2. The first kappa shape index (κ1) is 18.4. The van der Waals surface area contributed by atoms with Gasteiger partial charge in [0, 0.05) is 17.6 Å². The molecule has 0 aliphatic heterocycles. The SMILES string of the molecule is CC(=O)Nc1ccc(NC(=O)COc2ccc(Cl)cc2Cl)cc1Cl. The van der Waals surface area contributed by atoms with E-state index in [0.29, 0.717) is 32.2 Å². The highest BCUT2D eigenvalue weighted by atomic mass is 35.5. The van der Waals surface area contributed by atoms with Crippen LogP contribution in [0.3, 0.4) is 0 Å². The van der Waals surface area contributed by atoms with E-state index in [2.05, 4.69) is 10.6 Å². The van der Waals surface area contributed by atoms with Crippen LogP contribution in [0, 0.1) is 0 Å². The van der Waals surface area contributed by atoms with E-state index in [-0.39, 0.29) is 18.4 Å². The molecular formula is C16H13Cl3N2O3. The zero-order valence-corrected chi connectivity index (χ0v) is 14.8. The van der Waals surface area contributed by atoms with Crippen LogP contribution in [0.1, 0.15) is 6.92 Å². The van der Waals surface area contributed by atoms with Crippen LogP contribution < -0.4 is 15.4 Å². The largest absolute Gasteiger partial charge is 0.482 e. The fourth-order valence-corrected chi connectivity index (χ4v) is 2.51. The van der Waals surface area contributed by atoms with Gasteiger partial charge in [-0.2, -0.15) is 0 Å². The molecule has 2 amide bonds. The summed E-state index contributed by atoms with van der Waals surface area (Å²) in [5.74, 6) is -0.262. The van der Waals surface area contributed by atoms with E-state index in [4.69, 9.17) is 39.5 Å². The first-order valence-corrected chi connectivity index (χ1v) is 7.93. The van der Waals surface area contributed by atoms with Gasteiger partial charge in [0.2, 0.25) is 5.91 Å². The van der Waals surface area contributed by atoms with E-state index in [1.807, 2.05) is 0 Å². The fraction of sp³-hybridized carbons (Fsp3) is 0.125. The summed E-state index contributed by atoms with van der Waals surface area (Å²) in [5, 5.41) is 6.32. The summed E-state index contributed by atoms with van der Waals surface area (Å²) in [4.78, 5) is 22.9. The van der Waals surface area contributed by atoms with Crippen molar-refractivity contribution in [3.63, 3.8) is 0 Å². The van der Waals surface area contributed by atoms with Crippen LogP contribution in [0.4, 0.5) is 11.4 Å². The molecule has 0 atom stereocenters. The third-order valence-electron chi connectivity index (χ3n) is 2.82. The van der Waals surface area contributed by atoms with Crippen LogP contribution in [0.25, 0.3) is 0 Å². The van der Waals surface area contributed by atoms with Crippen molar-refractivity contribution >= 4 is 58.0 Å². The van der Waals surface area contributed by atoms with Crippen molar-refractivity contribution in [2.45, 2.75) is 6.92 Å². The molecule has 2 aromatic rings. The Hall–Kier alpha value is -1.95. The van der Waals surface area contributed by atoms with Crippen molar-refractivity contribution in [3.8, 4) is 5.75 Å². The molecule has 0 heterocycles. The summed E-state index contributed by atoms with van der Waals surface area (Å²) in [6.45, 7) is 1.15. The van der Waals surface area contributed by atoms with Crippen LogP contribution >= 0.6 is 34.8 Å². The van der Waals surface area contributed by atoms with Gasteiger partial charge in [0.25, 0.3) is 5.91 Å². The van der Waals surface area contributed by atoms with E-state index in [1.54, 1.807) is 24.3 Å². The van der Waals surface area contributed by atoms with Crippen LogP contribution in [0.5, 0.6) is 5.75 Å². The van der Waals surface area contributed by atoms with E-state index < -0.39 is 0 Å². The summed E-state index contributed by atoms with van der Waals surface area (Å²) >= 11 is 17.8. The molecule has 5 nitrogen and oxygen atoms in total. The number of anilines is 2.